The Bertz CT molecular complexity index is 540. The predicted octanol–water partition coefficient (Wildman–Crippen LogP) is 1.34. The van der Waals surface area contributed by atoms with E-state index in [1.807, 2.05) is 0 Å². The number of benzene rings is 1. The summed E-state index contributed by atoms with van der Waals surface area (Å²) in [5.74, 6) is -0.315. The highest BCUT2D eigenvalue weighted by atomic mass is 32.2. The second kappa shape index (κ2) is 5.19. The average Bonchev–Trinajstić information content (AvgIpc) is 2.43. The van der Waals surface area contributed by atoms with Gasteiger partial charge in [-0.1, -0.05) is 12.1 Å². The number of nitrogens with zero attached hydrogens (tertiary/aromatic N) is 1. The highest BCUT2D eigenvalue weighted by Crippen LogP contribution is 2.24. The van der Waals surface area contributed by atoms with Crippen LogP contribution >= 0.6 is 0 Å². The lowest BCUT2D eigenvalue weighted by atomic mass is 10.2. The van der Waals surface area contributed by atoms with Crippen LogP contribution in [-0.4, -0.2) is 37.1 Å². The molecule has 0 spiro atoms. The molecule has 0 bridgehead atoms. The van der Waals surface area contributed by atoms with Crippen molar-refractivity contribution in [3.63, 3.8) is 0 Å². The van der Waals surface area contributed by atoms with Gasteiger partial charge in [0.15, 0.2) is 0 Å². The van der Waals surface area contributed by atoms with E-state index in [-0.39, 0.29) is 12.4 Å². The standard InChI is InChI=1S/C13H19FN2O2S/c1-13(2)10-15-7-8-16(19(13,17)18)9-11-3-5-12(14)6-4-11/h3-6,15H,7-10H2,1-2H3. The quantitative estimate of drug-likeness (QED) is 0.892. The molecule has 1 fully saturated rings. The van der Waals surface area contributed by atoms with Crippen molar-refractivity contribution < 1.29 is 12.8 Å². The minimum Gasteiger partial charge on any atom is -0.314 e. The zero-order valence-electron chi connectivity index (χ0n) is 11.2. The van der Waals surface area contributed by atoms with Crippen LogP contribution < -0.4 is 5.32 Å². The number of sulfonamides is 1. The largest absolute Gasteiger partial charge is 0.314 e. The lowest BCUT2D eigenvalue weighted by molar-refractivity contribution is 0.407. The average molecular weight is 286 g/mol. The molecule has 0 aliphatic carbocycles. The van der Waals surface area contributed by atoms with Crippen molar-refractivity contribution >= 4 is 10.0 Å². The second-order valence-electron chi connectivity index (χ2n) is 5.40. The fourth-order valence-corrected chi connectivity index (χ4v) is 3.75. The number of hydrogen-bond donors (Lipinski definition) is 1. The van der Waals surface area contributed by atoms with Crippen LogP contribution in [0.15, 0.2) is 24.3 Å². The van der Waals surface area contributed by atoms with Gasteiger partial charge in [0.25, 0.3) is 0 Å². The third-order valence-corrected chi connectivity index (χ3v) is 5.93. The summed E-state index contributed by atoms with van der Waals surface area (Å²) >= 11 is 0. The Morgan fingerprint density at radius 1 is 1.32 bits per heavy atom. The van der Waals surface area contributed by atoms with E-state index in [0.717, 1.165) is 5.56 Å². The van der Waals surface area contributed by atoms with Crippen molar-refractivity contribution in [2.24, 2.45) is 0 Å². The van der Waals surface area contributed by atoms with Crippen LogP contribution in [0.3, 0.4) is 0 Å². The molecule has 6 heteroatoms. The van der Waals surface area contributed by atoms with Gasteiger partial charge in [0, 0.05) is 26.2 Å². The van der Waals surface area contributed by atoms with Crippen LogP contribution in [0.4, 0.5) is 4.39 Å². The molecule has 19 heavy (non-hydrogen) atoms. The minimum atomic E-state index is -3.37. The summed E-state index contributed by atoms with van der Waals surface area (Å²) in [6, 6.07) is 5.94. The first-order valence-corrected chi connectivity index (χ1v) is 7.72. The van der Waals surface area contributed by atoms with E-state index in [1.165, 1.54) is 16.4 Å². The van der Waals surface area contributed by atoms with E-state index in [2.05, 4.69) is 5.32 Å². The van der Waals surface area contributed by atoms with Crippen molar-refractivity contribution in [1.29, 1.82) is 0 Å². The molecule has 1 aromatic carbocycles. The van der Waals surface area contributed by atoms with E-state index in [0.29, 0.717) is 19.6 Å². The second-order valence-corrected chi connectivity index (χ2v) is 7.97. The van der Waals surface area contributed by atoms with Gasteiger partial charge in [-0.3, -0.25) is 0 Å². The summed E-state index contributed by atoms with van der Waals surface area (Å²) in [5.41, 5.74) is 0.794. The normalized spacial score (nSPS) is 22.9. The Hall–Kier alpha value is -0.980. The number of rotatable bonds is 2. The fraction of sp³-hybridized carbons (Fsp3) is 0.538. The van der Waals surface area contributed by atoms with Crippen LogP contribution in [-0.2, 0) is 16.6 Å². The predicted molar refractivity (Wildman–Crippen MR) is 72.7 cm³/mol. The molecule has 1 saturated heterocycles. The molecule has 1 N–H and O–H groups in total. The molecular formula is C13H19FN2O2S. The molecule has 1 aliphatic rings. The van der Waals surface area contributed by atoms with Gasteiger partial charge >= 0.3 is 0 Å². The van der Waals surface area contributed by atoms with E-state index in [4.69, 9.17) is 0 Å². The molecule has 106 valence electrons. The summed E-state index contributed by atoms with van der Waals surface area (Å²) in [6.45, 7) is 5.23. The monoisotopic (exact) mass is 286 g/mol. The lowest BCUT2D eigenvalue weighted by Gasteiger charge is -2.29. The Morgan fingerprint density at radius 2 is 1.95 bits per heavy atom. The smallest absolute Gasteiger partial charge is 0.220 e. The van der Waals surface area contributed by atoms with Crippen molar-refractivity contribution in [2.45, 2.75) is 25.1 Å². The van der Waals surface area contributed by atoms with Crippen molar-refractivity contribution in [1.82, 2.24) is 9.62 Å². The topological polar surface area (TPSA) is 49.4 Å². The van der Waals surface area contributed by atoms with Crippen LogP contribution in [0.2, 0.25) is 0 Å². The summed E-state index contributed by atoms with van der Waals surface area (Å²) < 4.78 is 38.6. The summed E-state index contributed by atoms with van der Waals surface area (Å²) in [6.07, 6.45) is 0. The minimum absolute atomic E-state index is 0.285. The van der Waals surface area contributed by atoms with E-state index >= 15 is 0 Å². The molecule has 0 atom stereocenters. The van der Waals surface area contributed by atoms with Gasteiger partial charge in [-0.2, -0.15) is 4.31 Å². The molecule has 1 heterocycles. The maximum absolute atomic E-state index is 12.9. The number of nitrogens with one attached hydrogen (secondary N) is 1. The van der Waals surface area contributed by atoms with Crippen LogP contribution in [0.1, 0.15) is 19.4 Å². The molecule has 1 aliphatic heterocycles. The Morgan fingerprint density at radius 3 is 2.58 bits per heavy atom. The van der Waals surface area contributed by atoms with Crippen molar-refractivity contribution in [2.75, 3.05) is 19.6 Å². The molecule has 0 amide bonds. The first-order valence-electron chi connectivity index (χ1n) is 6.28. The summed E-state index contributed by atoms with van der Waals surface area (Å²) in [5, 5.41) is 3.14. The van der Waals surface area contributed by atoms with Crippen LogP contribution in [0, 0.1) is 5.82 Å². The molecular weight excluding hydrogens is 267 g/mol. The van der Waals surface area contributed by atoms with E-state index in [9.17, 15) is 12.8 Å². The highest BCUT2D eigenvalue weighted by molar-refractivity contribution is 7.90. The van der Waals surface area contributed by atoms with E-state index < -0.39 is 14.8 Å². The van der Waals surface area contributed by atoms with E-state index in [1.54, 1.807) is 26.0 Å². The molecule has 2 rings (SSSR count). The molecule has 0 aromatic heterocycles. The Kier molecular flexibility index (Phi) is 3.94. The van der Waals surface area contributed by atoms with Crippen molar-refractivity contribution in [3.8, 4) is 0 Å². The van der Waals surface area contributed by atoms with Gasteiger partial charge in [-0.05, 0) is 31.5 Å². The zero-order valence-corrected chi connectivity index (χ0v) is 12.0. The number of hydrogen-bond acceptors (Lipinski definition) is 3. The fourth-order valence-electron chi connectivity index (χ4n) is 2.11. The maximum atomic E-state index is 12.9. The van der Waals surface area contributed by atoms with Crippen molar-refractivity contribution in [3.05, 3.63) is 35.6 Å². The first-order chi connectivity index (χ1) is 8.83. The summed E-state index contributed by atoms with van der Waals surface area (Å²) in [4.78, 5) is 0. The molecule has 1 aromatic rings. The Balaban J connectivity index is 2.25. The lowest BCUT2D eigenvalue weighted by Crippen LogP contribution is -2.45. The highest BCUT2D eigenvalue weighted by Gasteiger charge is 2.40. The first kappa shape index (κ1) is 14.4. The zero-order chi connectivity index (χ0) is 14.1. The summed E-state index contributed by atoms with van der Waals surface area (Å²) in [7, 11) is -3.37. The molecule has 0 saturated carbocycles. The SMILES string of the molecule is CC1(C)CNCCN(Cc2ccc(F)cc2)S1(=O)=O. The van der Waals surface area contributed by atoms with Gasteiger partial charge in [0.05, 0.1) is 4.75 Å². The molecule has 0 radical (unpaired) electrons. The third kappa shape index (κ3) is 2.96. The van der Waals surface area contributed by atoms with Gasteiger partial charge < -0.3 is 5.32 Å². The molecule has 0 unspecified atom stereocenters. The van der Waals surface area contributed by atoms with Gasteiger partial charge in [-0.15, -0.1) is 0 Å². The van der Waals surface area contributed by atoms with Gasteiger partial charge in [-0.25, -0.2) is 12.8 Å². The van der Waals surface area contributed by atoms with Gasteiger partial charge in [0.1, 0.15) is 5.82 Å². The third-order valence-electron chi connectivity index (χ3n) is 3.40. The van der Waals surface area contributed by atoms with Crippen LogP contribution in [0.25, 0.3) is 0 Å². The number of halogens is 1. The van der Waals surface area contributed by atoms with Crippen LogP contribution in [0.5, 0.6) is 0 Å². The maximum Gasteiger partial charge on any atom is 0.220 e. The molecule has 4 nitrogen and oxygen atoms in total. The van der Waals surface area contributed by atoms with Gasteiger partial charge in [0.2, 0.25) is 10.0 Å². The Labute approximate surface area is 113 Å².